The van der Waals surface area contributed by atoms with Gasteiger partial charge in [0.2, 0.25) is 5.91 Å². The number of hydrogen-bond donors (Lipinski definition) is 2. The van der Waals surface area contributed by atoms with Crippen molar-refractivity contribution in [1.82, 2.24) is 0 Å². The summed E-state index contributed by atoms with van der Waals surface area (Å²) in [4.78, 5) is 14.1. The van der Waals surface area contributed by atoms with E-state index in [1.165, 1.54) is 0 Å². The summed E-state index contributed by atoms with van der Waals surface area (Å²) in [7, 11) is 0. The lowest BCUT2D eigenvalue weighted by atomic mass is 10.0. The molecule has 5 heteroatoms. The molecule has 1 aliphatic rings. The van der Waals surface area contributed by atoms with Crippen LogP contribution >= 0.6 is 0 Å². The lowest BCUT2D eigenvalue weighted by Crippen LogP contribution is -2.45. The van der Waals surface area contributed by atoms with E-state index in [1.807, 2.05) is 25.1 Å². The van der Waals surface area contributed by atoms with Crippen LogP contribution in [0.3, 0.4) is 0 Å². The first-order chi connectivity index (χ1) is 10.5. The van der Waals surface area contributed by atoms with Crippen molar-refractivity contribution >= 4 is 11.6 Å². The Morgan fingerprint density at radius 2 is 2.23 bits per heavy atom. The van der Waals surface area contributed by atoms with Gasteiger partial charge in [0.05, 0.1) is 18.3 Å². The van der Waals surface area contributed by atoms with E-state index in [1.54, 1.807) is 4.90 Å². The van der Waals surface area contributed by atoms with E-state index in [4.69, 9.17) is 10.5 Å². The molecule has 0 saturated carbocycles. The third kappa shape index (κ3) is 3.42. The van der Waals surface area contributed by atoms with Crippen LogP contribution in [0.25, 0.3) is 0 Å². The van der Waals surface area contributed by atoms with E-state index < -0.39 is 6.10 Å². The van der Waals surface area contributed by atoms with E-state index in [2.05, 4.69) is 13.8 Å². The fraction of sp³-hybridized carbons (Fsp3) is 0.588. The Bertz CT molecular complexity index is 531. The number of rotatable bonds is 5. The van der Waals surface area contributed by atoms with E-state index in [0.29, 0.717) is 37.6 Å². The highest BCUT2D eigenvalue weighted by molar-refractivity contribution is 5.95. The maximum Gasteiger partial charge on any atom is 0.226 e. The normalized spacial score (nSPS) is 18.8. The van der Waals surface area contributed by atoms with Crippen molar-refractivity contribution in [2.75, 3.05) is 18.0 Å². The zero-order chi connectivity index (χ0) is 16.3. The Morgan fingerprint density at radius 3 is 2.82 bits per heavy atom. The molecule has 5 nitrogen and oxygen atoms in total. The van der Waals surface area contributed by atoms with Crippen molar-refractivity contribution in [3.8, 4) is 5.75 Å². The van der Waals surface area contributed by atoms with Gasteiger partial charge in [0.25, 0.3) is 0 Å². The molecule has 2 atom stereocenters. The number of aliphatic hydroxyl groups excluding tert-OH is 1. The minimum Gasteiger partial charge on any atom is -0.486 e. The van der Waals surface area contributed by atoms with Gasteiger partial charge in [-0.05, 0) is 36.6 Å². The van der Waals surface area contributed by atoms with E-state index in [9.17, 15) is 9.90 Å². The minimum absolute atomic E-state index is 0.0113. The van der Waals surface area contributed by atoms with Gasteiger partial charge < -0.3 is 20.5 Å². The Morgan fingerprint density at radius 1 is 1.50 bits per heavy atom. The molecule has 0 saturated heterocycles. The standard InChI is InChI=1S/C17H26N2O3/c1-4-17(21)19-10-16(11(2)3)22-15-6-5-12(9-13(15)19)14(20)7-8-18/h5-6,9,11,14,16,20H,4,7-8,10,18H2,1-3H3. The first-order valence-corrected chi connectivity index (χ1v) is 7.97. The zero-order valence-electron chi connectivity index (χ0n) is 13.6. The van der Waals surface area contributed by atoms with Gasteiger partial charge >= 0.3 is 0 Å². The second kappa shape index (κ2) is 7.11. The van der Waals surface area contributed by atoms with Crippen molar-refractivity contribution in [3.05, 3.63) is 23.8 Å². The molecule has 0 radical (unpaired) electrons. The lowest BCUT2D eigenvalue weighted by Gasteiger charge is -2.37. The Balaban J connectivity index is 2.37. The molecule has 2 rings (SSSR count). The number of carbonyl (C=O) groups is 1. The molecule has 3 N–H and O–H groups in total. The molecule has 122 valence electrons. The fourth-order valence-electron chi connectivity index (χ4n) is 2.63. The van der Waals surface area contributed by atoms with Crippen LogP contribution in [0.15, 0.2) is 18.2 Å². The molecular formula is C17H26N2O3. The predicted octanol–water partition coefficient (Wildman–Crippen LogP) is 2.23. The lowest BCUT2D eigenvalue weighted by molar-refractivity contribution is -0.118. The third-order valence-electron chi connectivity index (χ3n) is 4.09. The monoisotopic (exact) mass is 306 g/mol. The number of ether oxygens (including phenoxy) is 1. The quantitative estimate of drug-likeness (QED) is 0.874. The second-order valence-corrected chi connectivity index (χ2v) is 6.08. The molecule has 1 amide bonds. The second-order valence-electron chi connectivity index (χ2n) is 6.08. The Labute approximate surface area is 132 Å². The smallest absolute Gasteiger partial charge is 0.226 e. The molecule has 0 bridgehead atoms. The van der Waals surface area contributed by atoms with Crippen LogP contribution in [0.2, 0.25) is 0 Å². The van der Waals surface area contributed by atoms with Gasteiger partial charge in [-0.1, -0.05) is 26.8 Å². The molecule has 1 heterocycles. The van der Waals surface area contributed by atoms with Gasteiger partial charge in [-0.25, -0.2) is 0 Å². The zero-order valence-corrected chi connectivity index (χ0v) is 13.6. The van der Waals surface area contributed by atoms with Crippen LogP contribution in [0.1, 0.15) is 45.3 Å². The highest BCUT2D eigenvalue weighted by Gasteiger charge is 2.31. The number of benzene rings is 1. The summed E-state index contributed by atoms with van der Waals surface area (Å²) in [6.45, 7) is 7.00. The molecule has 1 aromatic rings. The summed E-state index contributed by atoms with van der Waals surface area (Å²) in [5.74, 6) is 1.10. The van der Waals surface area contributed by atoms with Gasteiger partial charge in [0, 0.05) is 6.42 Å². The number of nitrogens with two attached hydrogens (primary N) is 1. The summed E-state index contributed by atoms with van der Waals surface area (Å²) < 4.78 is 6.01. The minimum atomic E-state index is -0.614. The summed E-state index contributed by atoms with van der Waals surface area (Å²) >= 11 is 0. The molecule has 0 fully saturated rings. The number of fused-ring (bicyclic) bond motifs is 1. The molecular weight excluding hydrogens is 280 g/mol. The molecule has 1 aliphatic heterocycles. The summed E-state index contributed by atoms with van der Waals surface area (Å²) in [6.07, 6.45) is 0.315. The molecule has 22 heavy (non-hydrogen) atoms. The highest BCUT2D eigenvalue weighted by atomic mass is 16.5. The van der Waals surface area contributed by atoms with Crippen LogP contribution in [-0.2, 0) is 4.79 Å². The SMILES string of the molecule is CCC(=O)N1CC(C(C)C)Oc2ccc(C(O)CCN)cc21. The van der Waals surface area contributed by atoms with Gasteiger partial charge in [-0.3, -0.25) is 4.79 Å². The summed E-state index contributed by atoms with van der Waals surface area (Å²) in [5, 5.41) is 10.1. The average Bonchev–Trinajstić information content (AvgIpc) is 2.52. The van der Waals surface area contributed by atoms with Crippen molar-refractivity contribution in [2.45, 2.75) is 45.8 Å². The van der Waals surface area contributed by atoms with E-state index in [-0.39, 0.29) is 12.0 Å². The largest absolute Gasteiger partial charge is 0.486 e. The number of aliphatic hydroxyl groups is 1. The summed E-state index contributed by atoms with van der Waals surface area (Å²) in [6, 6.07) is 5.53. The van der Waals surface area contributed by atoms with Gasteiger partial charge in [-0.15, -0.1) is 0 Å². The van der Waals surface area contributed by atoms with Gasteiger partial charge in [-0.2, -0.15) is 0 Å². The van der Waals surface area contributed by atoms with Crippen LogP contribution in [-0.4, -0.2) is 30.2 Å². The predicted molar refractivity (Wildman–Crippen MR) is 87.0 cm³/mol. The molecule has 0 aromatic heterocycles. The van der Waals surface area contributed by atoms with E-state index >= 15 is 0 Å². The van der Waals surface area contributed by atoms with Gasteiger partial charge in [0.1, 0.15) is 11.9 Å². The number of carbonyl (C=O) groups excluding carboxylic acids is 1. The topological polar surface area (TPSA) is 75.8 Å². The molecule has 0 aliphatic carbocycles. The maximum atomic E-state index is 12.3. The average molecular weight is 306 g/mol. The molecule has 2 unspecified atom stereocenters. The Hall–Kier alpha value is -1.59. The fourth-order valence-corrected chi connectivity index (χ4v) is 2.63. The van der Waals surface area contributed by atoms with Crippen molar-refractivity contribution in [3.63, 3.8) is 0 Å². The third-order valence-corrected chi connectivity index (χ3v) is 4.09. The van der Waals surface area contributed by atoms with Crippen molar-refractivity contribution < 1.29 is 14.6 Å². The van der Waals surface area contributed by atoms with Crippen molar-refractivity contribution in [2.24, 2.45) is 11.7 Å². The van der Waals surface area contributed by atoms with Crippen LogP contribution < -0.4 is 15.4 Å². The van der Waals surface area contributed by atoms with E-state index in [0.717, 1.165) is 11.3 Å². The number of hydrogen-bond acceptors (Lipinski definition) is 4. The molecule has 1 aromatic carbocycles. The Kier molecular flexibility index (Phi) is 5.42. The first kappa shape index (κ1) is 16.8. The van der Waals surface area contributed by atoms with Crippen LogP contribution in [0.4, 0.5) is 5.69 Å². The van der Waals surface area contributed by atoms with Crippen LogP contribution in [0, 0.1) is 5.92 Å². The number of amides is 1. The molecule has 0 spiro atoms. The van der Waals surface area contributed by atoms with Crippen molar-refractivity contribution in [1.29, 1.82) is 0 Å². The van der Waals surface area contributed by atoms with Crippen LogP contribution in [0.5, 0.6) is 5.75 Å². The first-order valence-electron chi connectivity index (χ1n) is 7.97. The maximum absolute atomic E-state index is 12.3. The number of anilines is 1. The summed E-state index contributed by atoms with van der Waals surface area (Å²) in [5.41, 5.74) is 7.02. The van der Waals surface area contributed by atoms with Gasteiger partial charge in [0.15, 0.2) is 0 Å². The highest BCUT2D eigenvalue weighted by Crippen LogP contribution is 2.37. The number of nitrogens with zero attached hydrogens (tertiary/aromatic N) is 1.